The fourth-order valence-corrected chi connectivity index (χ4v) is 3.61. The number of rotatable bonds is 4. The molecule has 2 aromatic heterocycles. The van der Waals surface area contributed by atoms with E-state index in [2.05, 4.69) is 10.3 Å². The lowest BCUT2D eigenvalue weighted by Gasteiger charge is -2.30. The van der Waals surface area contributed by atoms with Gasteiger partial charge in [-0.15, -0.1) is 0 Å². The van der Waals surface area contributed by atoms with Crippen molar-refractivity contribution in [3.8, 4) is 0 Å². The predicted octanol–water partition coefficient (Wildman–Crippen LogP) is 3.58. The number of nitrogens with zero attached hydrogens (tertiary/aromatic N) is 2. The highest BCUT2D eigenvalue weighted by molar-refractivity contribution is 6.30. The number of halogens is 1. The zero-order chi connectivity index (χ0) is 20.4. The Kier molecular flexibility index (Phi) is 5.51. The first-order valence-electron chi connectivity index (χ1n) is 9.39. The average Bonchev–Trinajstić information content (AvgIpc) is 3.16. The number of aliphatic hydroxyl groups is 1. The minimum atomic E-state index is -0.328. The molecular formula is C21H20ClN3O4. The van der Waals surface area contributed by atoms with Crippen LogP contribution < -0.4 is 5.32 Å². The van der Waals surface area contributed by atoms with Crippen molar-refractivity contribution >= 4 is 40.1 Å². The van der Waals surface area contributed by atoms with Crippen molar-refractivity contribution in [3.05, 3.63) is 59.1 Å². The Morgan fingerprint density at radius 2 is 2.00 bits per heavy atom. The summed E-state index contributed by atoms with van der Waals surface area (Å²) in [7, 11) is 0. The van der Waals surface area contributed by atoms with Crippen molar-refractivity contribution in [2.45, 2.75) is 12.8 Å². The summed E-state index contributed by atoms with van der Waals surface area (Å²) < 4.78 is 5.72. The lowest BCUT2D eigenvalue weighted by atomic mass is 9.98. The van der Waals surface area contributed by atoms with Gasteiger partial charge in [0, 0.05) is 43.2 Å². The van der Waals surface area contributed by atoms with Gasteiger partial charge in [-0.05, 0) is 49.1 Å². The Morgan fingerprint density at radius 3 is 2.72 bits per heavy atom. The Balaban J connectivity index is 1.49. The summed E-state index contributed by atoms with van der Waals surface area (Å²) in [6.45, 7) is 1.37. The third-order valence-electron chi connectivity index (χ3n) is 5.11. The number of nitrogens with one attached hydrogen (secondary N) is 1. The number of pyridine rings is 1. The molecule has 0 bridgehead atoms. The van der Waals surface area contributed by atoms with E-state index in [1.165, 1.54) is 18.5 Å². The fraction of sp³-hybridized carbons (Fsp3) is 0.286. The van der Waals surface area contributed by atoms with Crippen LogP contribution in [0.5, 0.6) is 0 Å². The second kappa shape index (κ2) is 8.23. The molecule has 2 amide bonds. The van der Waals surface area contributed by atoms with Crippen molar-refractivity contribution in [1.29, 1.82) is 0 Å². The quantitative estimate of drug-likeness (QED) is 0.681. The van der Waals surface area contributed by atoms with Crippen LogP contribution >= 0.6 is 11.6 Å². The van der Waals surface area contributed by atoms with Gasteiger partial charge in [0.2, 0.25) is 0 Å². The van der Waals surface area contributed by atoms with Crippen LogP contribution in [0.2, 0.25) is 5.02 Å². The van der Waals surface area contributed by atoms with E-state index in [1.807, 2.05) is 0 Å². The van der Waals surface area contributed by atoms with E-state index < -0.39 is 0 Å². The molecule has 0 radical (unpaired) electrons. The zero-order valence-electron chi connectivity index (χ0n) is 15.6. The van der Waals surface area contributed by atoms with Crippen LogP contribution in [0, 0.1) is 5.92 Å². The van der Waals surface area contributed by atoms with E-state index in [1.54, 1.807) is 29.2 Å². The molecule has 0 spiro atoms. The monoisotopic (exact) mass is 413 g/mol. The maximum atomic E-state index is 12.7. The number of anilines is 1. The zero-order valence-corrected chi connectivity index (χ0v) is 16.4. The molecule has 3 heterocycles. The average molecular weight is 414 g/mol. The number of benzene rings is 1. The maximum absolute atomic E-state index is 12.7. The SMILES string of the molecule is O=C(Nc1ccc2oc(C(=O)N3CCC(CO)CC3)cc2c1)c1cncc(Cl)c1. The number of aliphatic hydroxyl groups excluding tert-OH is 1. The third kappa shape index (κ3) is 4.26. The Morgan fingerprint density at radius 1 is 1.21 bits per heavy atom. The standard InChI is InChI=1S/C21H20ClN3O4/c22-16-7-15(10-23-11-16)20(27)24-17-1-2-18-14(8-17)9-19(29-18)21(28)25-5-3-13(12-26)4-6-25/h1-2,7-11,13,26H,3-6,12H2,(H,24,27). The van der Waals surface area contributed by atoms with Gasteiger partial charge < -0.3 is 19.7 Å². The number of hydrogen-bond donors (Lipinski definition) is 2. The molecule has 1 aliphatic rings. The van der Waals surface area contributed by atoms with E-state index in [0.29, 0.717) is 34.9 Å². The molecule has 0 unspecified atom stereocenters. The fourth-order valence-electron chi connectivity index (χ4n) is 3.44. The summed E-state index contributed by atoms with van der Waals surface area (Å²) in [5.74, 6) is 0.0413. The highest BCUT2D eigenvalue weighted by Crippen LogP contribution is 2.26. The highest BCUT2D eigenvalue weighted by atomic mass is 35.5. The molecule has 0 saturated carbocycles. The van der Waals surface area contributed by atoms with Gasteiger partial charge in [0.15, 0.2) is 5.76 Å². The Bertz CT molecular complexity index is 1060. The van der Waals surface area contributed by atoms with Crippen molar-refractivity contribution < 1.29 is 19.1 Å². The number of furan rings is 1. The van der Waals surface area contributed by atoms with Gasteiger partial charge in [0.25, 0.3) is 11.8 Å². The van der Waals surface area contributed by atoms with Gasteiger partial charge in [-0.1, -0.05) is 11.6 Å². The number of likely N-dealkylation sites (tertiary alicyclic amines) is 1. The number of fused-ring (bicyclic) bond motifs is 1. The lowest BCUT2D eigenvalue weighted by Crippen LogP contribution is -2.39. The highest BCUT2D eigenvalue weighted by Gasteiger charge is 2.25. The summed E-state index contributed by atoms with van der Waals surface area (Å²) in [6.07, 6.45) is 4.48. The molecule has 3 aromatic rings. The molecule has 1 fully saturated rings. The largest absolute Gasteiger partial charge is 0.451 e. The number of amides is 2. The maximum Gasteiger partial charge on any atom is 0.289 e. The normalized spacial score (nSPS) is 14.9. The van der Waals surface area contributed by atoms with Gasteiger partial charge in [-0.3, -0.25) is 14.6 Å². The van der Waals surface area contributed by atoms with E-state index in [-0.39, 0.29) is 30.1 Å². The summed E-state index contributed by atoms with van der Waals surface area (Å²) in [6, 6.07) is 8.41. The van der Waals surface area contributed by atoms with Gasteiger partial charge >= 0.3 is 0 Å². The summed E-state index contributed by atoms with van der Waals surface area (Å²) in [4.78, 5) is 30.7. The number of aromatic nitrogens is 1. The first-order valence-corrected chi connectivity index (χ1v) is 9.77. The molecule has 7 nitrogen and oxygen atoms in total. The van der Waals surface area contributed by atoms with Crippen LogP contribution in [-0.2, 0) is 0 Å². The third-order valence-corrected chi connectivity index (χ3v) is 5.32. The molecule has 150 valence electrons. The topological polar surface area (TPSA) is 95.7 Å². The molecular weight excluding hydrogens is 394 g/mol. The Labute approximate surface area is 172 Å². The number of carbonyl (C=O) groups is 2. The number of hydrogen-bond acceptors (Lipinski definition) is 5. The summed E-state index contributed by atoms with van der Waals surface area (Å²) in [5.41, 5.74) is 1.50. The first-order chi connectivity index (χ1) is 14.0. The summed E-state index contributed by atoms with van der Waals surface area (Å²) >= 11 is 5.88. The van der Waals surface area contributed by atoms with Crippen molar-refractivity contribution in [2.75, 3.05) is 25.0 Å². The van der Waals surface area contributed by atoms with Crippen molar-refractivity contribution in [1.82, 2.24) is 9.88 Å². The minimum absolute atomic E-state index is 0.159. The lowest BCUT2D eigenvalue weighted by molar-refractivity contribution is 0.0622. The second-order valence-corrected chi connectivity index (χ2v) is 7.56. The van der Waals surface area contributed by atoms with Crippen LogP contribution in [0.15, 0.2) is 47.1 Å². The number of carbonyl (C=O) groups excluding carboxylic acids is 2. The van der Waals surface area contributed by atoms with Crippen molar-refractivity contribution in [3.63, 3.8) is 0 Å². The van der Waals surface area contributed by atoms with Crippen molar-refractivity contribution in [2.24, 2.45) is 5.92 Å². The smallest absolute Gasteiger partial charge is 0.289 e. The van der Waals surface area contributed by atoms with Gasteiger partial charge in [-0.25, -0.2) is 0 Å². The van der Waals surface area contributed by atoms with Crippen LogP contribution in [0.1, 0.15) is 33.8 Å². The molecule has 2 N–H and O–H groups in total. The predicted molar refractivity (Wildman–Crippen MR) is 109 cm³/mol. The Hall–Kier alpha value is -2.90. The van der Waals surface area contributed by atoms with Gasteiger partial charge in [0.1, 0.15) is 5.58 Å². The first kappa shape index (κ1) is 19.4. The second-order valence-electron chi connectivity index (χ2n) is 7.13. The van der Waals surface area contributed by atoms with E-state index in [4.69, 9.17) is 16.0 Å². The van der Waals surface area contributed by atoms with Crippen LogP contribution in [0.25, 0.3) is 11.0 Å². The molecule has 0 atom stereocenters. The van der Waals surface area contributed by atoms with Crippen LogP contribution in [0.3, 0.4) is 0 Å². The summed E-state index contributed by atoms with van der Waals surface area (Å²) in [5, 5.41) is 13.1. The minimum Gasteiger partial charge on any atom is -0.451 e. The molecule has 8 heteroatoms. The van der Waals surface area contributed by atoms with E-state index in [9.17, 15) is 14.7 Å². The molecule has 1 aromatic carbocycles. The molecule has 1 aliphatic heterocycles. The van der Waals surface area contributed by atoms with Crippen LogP contribution in [-0.4, -0.2) is 46.5 Å². The van der Waals surface area contributed by atoms with Gasteiger partial charge in [-0.2, -0.15) is 0 Å². The van der Waals surface area contributed by atoms with Gasteiger partial charge in [0.05, 0.1) is 10.6 Å². The van der Waals surface area contributed by atoms with E-state index in [0.717, 1.165) is 18.2 Å². The molecule has 4 rings (SSSR count). The van der Waals surface area contributed by atoms with E-state index >= 15 is 0 Å². The molecule has 29 heavy (non-hydrogen) atoms. The number of piperidine rings is 1. The molecule has 0 aliphatic carbocycles. The van der Waals surface area contributed by atoms with Crippen LogP contribution in [0.4, 0.5) is 5.69 Å². The molecule has 1 saturated heterocycles.